The fourth-order valence-electron chi connectivity index (χ4n) is 7.22. The van der Waals surface area contributed by atoms with Crippen molar-refractivity contribution in [3.63, 3.8) is 0 Å². The molecule has 326 valence electrons. The summed E-state index contributed by atoms with van der Waals surface area (Å²) in [6, 6.07) is 0. The Balaban J connectivity index is 0.000000366. The van der Waals surface area contributed by atoms with E-state index in [1.807, 2.05) is 20.8 Å². The molecule has 4 aromatic rings. The number of hydrogen-bond acceptors (Lipinski definition) is 1. The van der Waals surface area contributed by atoms with Gasteiger partial charge in [0.1, 0.15) is 52.7 Å². The molecule has 0 unspecified atom stereocenters. The van der Waals surface area contributed by atoms with E-state index in [-0.39, 0.29) is 11.4 Å². The molecule has 0 atom stereocenters. The SMILES string of the molecule is CC1=C(C)C2=[O+]C(C)(C)CCC2=C(C)C1=O.Fc1c(F)c(F)c([B-](c2c(F)c(F)c(F)c(F)c2F)(c2c(F)c(F)c(F)c(F)c2F)c2c(F)c(F)c(F)c(F)c2F)c(F)c1F. The molecule has 0 fully saturated rings. The second kappa shape index (κ2) is 15.7. The molecule has 0 radical (unpaired) electrons. The first-order valence-electron chi connectivity index (χ1n) is 16.8. The topological polar surface area (TPSA) is 28.4 Å². The van der Waals surface area contributed by atoms with Gasteiger partial charge < -0.3 is 0 Å². The molecule has 2 aliphatic rings. The van der Waals surface area contributed by atoms with Crippen LogP contribution in [-0.2, 0) is 9.22 Å². The van der Waals surface area contributed by atoms with Crippen molar-refractivity contribution in [3.05, 3.63) is 139 Å². The lowest BCUT2D eigenvalue weighted by Crippen LogP contribution is -2.81. The quantitative estimate of drug-likeness (QED) is 0.0504. The third-order valence-electron chi connectivity index (χ3n) is 10.4. The minimum absolute atomic E-state index is 0.110. The lowest BCUT2D eigenvalue weighted by Gasteiger charge is -2.44. The first-order chi connectivity index (χ1) is 28.0. The highest BCUT2D eigenvalue weighted by molar-refractivity contribution is 7.20. The summed E-state index contributed by atoms with van der Waals surface area (Å²) in [5, 5.41) is 0. The molecular weight excluding hydrogens is 879 g/mol. The summed E-state index contributed by atoms with van der Waals surface area (Å²) in [4.78, 5) is 12.0. The van der Waals surface area contributed by atoms with E-state index in [2.05, 4.69) is 13.8 Å². The molecule has 0 aromatic heterocycles. The number of Topliss-reactive ketones (excluding diaryl/α,β-unsaturated/α-hetero) is 1. The van der Waals surface area contributed by atoms with Gasteiger partial charge in [-0.2, -0.15) is 0 Å². The zero-order valence-electron chi connectivity index (χ0n) is 30.9. The van der Waals surface area contributed by atoms with Crippen molar-refractivity contribution in [3.8, 4) is 0 Å². The minimum atomic E-state index is -7.22. The summed E-state index contributed by atoms with van der Waals surface area (Å²) < 4.78 is 300. The van der Waals surface area contributed by atoms with E-state index in [0.717, 1.165) is 40.9 Å². The lowest BCUT2D eigenvalue weighted by atomic mass is 9.12. The van der Waals surface area contributed by atoms with Crippen LogP contribution in [0.2, 0.25) is 0 Å². The number of fused-ring (bicyclic) bond motifs is 1. The number of benzene rings is 4. The van der Waals surface area contributed by atoms with Crippen LogP contribution in [0.1, 0.15) is 47.5 Å². The number of halogens is 20. The third kappa shape index (κ3) is 6.68. The molecule has 1 heterocycles. The normalized spacial score (nSPS) is 15.3. The van der Waals surface area contributed by atoms with Gasteiger partial charge in [-0.15, -0.1) is 21.9 Å². The van der Waals surface area contributed by atoms with E-state index in [9.17, 15) is 57.5 Å². The monoisotopic (exact) mass is 898 g/mol. The molecule has 6 rings (SSSR count). The van der Waals surface area contributed by atoms with Crippen molar-refractivity contribution in [2.45, 2.75) is 53.1 Å². The maximum Gasteiger partial charge on any atom is 0.351 e. The van der Waals surface area contributed by atoms with E-state index in [1.54, 1.807) is 0 Å². The lowest BCUT2D eigenvalue weighted by molar-refractivity contribution is -0.548. The molecule has 0 bridgehead atoms. The van der Waals surface area contributed by atoms with Crippen LogP contribution in [0.15, 0.2) is 22.3 Å². The molecule has 0 saturated carbocycles. The third-order valence-corrected chi connectivity index (χ3v) is 10.4. The van der Waals surface area contributed by atoms with Crippen LogP contribution in [-0.4, -0.2) is 23.3 Å². The first kappa shape index (κ1) is 46.4. The van der Waals surface area contributed by atoms with E-state index in [4.69, 9.17) is 4.42 Å². The van der Waals surface area contributed by atoms with Gasteiger partial charge in [0.25, 0.3) is 5.60 Å². The molecule has 0 spiro atoms. The van der Waals surface area contributed by atoms with Crippen molar-refractivity contribution in [1.82, 2.24) is 0 Å². The molecular formula is C38H19BF20O2. The first-order valence-corrected chi connectivity index (χ1v) is 16.8. The van der Waals surface area contributed by atoms with Crippen LogP contribution >= 0.6 is 0 Å². The Labute approximate surface area is 328 Å². The highest BCUT2D eigenvalue weighted by Crippen LogP contribution is 2.35. The maximum absolute atomic E-state index is 15.4. The van der Waals surface area contributed by atoms with Gasteiger partial charge in [-0.1, -0.05) is 0 Å². The van der Waals surface area contributed by atoms with E-state index >= 15 is 35.1 Å². The molecule has 0 amide bonds. The highest BCUT2D eigenvalue weighted by atomic mass is 19.2. The summed E-state index contributed by atoms with van der Waals surface area (Å²) in [6.07, 6.45) is -5.29. The standard InChI is InChI=1S/C24BF20.C14H19O2/c26-5-1(6(27)14(35)21(42)13(5)34)25(2-7(28)15(36)22(43)16(37)8(2)29,3-9(30)17(38)23(44)18(39)10(3)31)4-11(32)19(40)24(45)20(41)12(4)33;1-8-9(2)13-11(10(3)12(8)15)6-7-14(4,5)16-13/h;6-7H2,1-5H3/q-1;+1. The van der Waals surface area contributed by atoms with Crippen molar-refractivity contribution >= 4 is 39.6 Å². The molecule has 61 heavy (non-hydrogen) atoms. The van der Waals surface area contributed by atoms with Gasteiger partial charge in [0.2, 0.25) is 0 Å². The van der Waals surface area contributed by atoms with Crippen LogP contribution in [0.4, 0.5) is 87.8 Å². The number of rotatable bonds is 4. The van der Waals surface area contributed by atoms with Crippen LogP contribution in [0.25, 0.3) is 0 Å². The Hall–Kier alpha value is -5.64. The van der Waals surface area contributed by atoms with Gasteiger partial charge in [-0.05, 0) is 27.2 Å². The summed E-state index contributed by atoms with van der Waals surface area (Å²) in [6.45, 7) is 9.98. The van der Waals surface area contributed by atoms with Crippen LogP contribution in [0, 0.1) is 116 Å². The molecule has 0 saturated heterocycles. The summed E-state index contributed by atoms with van der Waals surface area (Å²) in [5.74, 6) is -70.3. The van der Waals surface area contributed by atoms with E-state index in [0.29, 0.717) is 0 Å². The van der Waals surface area contributed by atoms with E-state index < -0.39 is 144 Å². The zero-order chi connectivity index (χ0) is 46.4. The Morgan fingerprint density at radius 2 is 0.607 bits per heavy atom. The fourth-order valence-corrected chi connectivity index (χ4v) is 7.22. The summed E-state index contributed by atoms with van der Waals surface area (Å²) in [5.41, 5.74) is -10.6. The van der Waals surface area contributed by atoms with Gasteiger partial charge >= 0.3 is 5.78 Å². The Kier molecular flexibility index (Phi) is 11.9. The second-order valence-corrected chi connectivity index (χ2v) is 14.2. The fraction of sp³-hybridized carbons (Fsp3) is 0.211. The van der Waals surface area contributed by atoms with Crippen molar-refractivity contribution in [1.29, 1.82) is 0 Å². The van der Waals surface area contributed by atoms with Gasteiger partial charge in [0, 0.05) is 31.4 Å². The van der Waals surface area contributed by atoms with Gasteiger partial charge in [-0.3, -0.25) is 4.79 Å². The van der Waals surface area contributed by atoms with Gasteiger partial charge in [0.05, 0.1) is 11.1 Å². The van der Waals surface area contributed by atoms with Gasteiger partial charge in [-0.25, -0.2) is 92.2 Å². The average molecular weight is 898 g/mol. The average Bonchev–Trinajstić information content (AvgIpc) is 3.21. The number of carbonyl (C=O) groups is 1. The number of ketones is 2. The molecule has 4 aromatic carbocycles. The Morgan fingerprint density at radius 3 is 0.852 bits per heavy atom. The molecule has 1 aliphatic heterocycles. The van der Waals surface area contributed by atoms with E-state index in [1.165, 1.54) is 0 Å². The molecule has 0 N–H and O–H groups in total. The van der Waals surface area contributed by atoms with Crippen LogP contribution < -0.4 is 21.9 Å². The molecule has 23 heteroatoms. The maximum atomic E-state index is 15.4. The number of hydrogen-bond donors (Lipinski definition) is 0. The van der Waals surface area contributed by atoms with Crippen molar-refractivity contribution in [2.24, 2.45) is 0 Å². The Morgan fingerprint density at radius 1 is 0.377 bits per heavy atom. The predicted octanol–water partition coefficient (Wildman–Crippen LogP) is 8.75. The van der Waals surface area contributed by atoms with Crippen molar-refractivity contribution in [2.75, 3.05) is 0 Å². The van der Waals surface area contributed by atoms with Crippen LogP contribution in [0.3, 0.4) is 0 Å². The number of allylic oxidation sites excluding steroid dienone is 4. The van der Waals surface area contributed by atoms with Crippen molar-refractivity contribution < 1.29 is 97.0 Å². The summed E-state index contributed by atoms with van der Waals surface area (Å²) >= 11 is 0. The van der Waals surface area contributed by atoms with Crippen LogP contribution in [0.5, 0.6) is 0 Å². The Bertz CT molecular complexity index is 2340. The summed E-state index contributed by atoms with van der Waals surface area (Å²) in [7, 11) is 0. The largest absolute Gasteiger partial charge is 0.351 e. The zero-order valence-corrected chi connectivity index (χ0v) is 30.9. The predicted molar refractivity (Wildman–Crippen MR) is 174 cm³/mol. The second-order valence-electron chi connectivity index (χ2n) is 14.2. The molecule has 1 aliphatic carbocycles. The smallest absolute Gasteiger partial charge is 0.289 e. The number of carbonyl (C=O) groups excluding carboxylic acids is 2. The minimum Gasteiger partial charge on any atom is -0.289 e. The molecule has 2 nitrogen and oxygen atoms in total. The highest BCUT2D eigenvalue weighted by Gasteiger charge is 2.52. The van der Waals surface area contributed by atoms with Gasteiger partial charge in [0.15, 0.2) is 75.6 Å².